The third kappa shape index (κ3) is 6.27. The number of benzene rings is 3. The maximum atomic E-state index is 5.07. The van der Waals surface area contributed by atoms with Crippen molar-refractivity contribution in [3.8, 4) is 11.1 Å². The molecule has 0 atom stereocenters. The fraction of sp³-hybridized carbons (Fsp3) is 0.343. The van der Waals surface area contributed by atoms with Gasteiger partial charge in [0.05, 0.1) is 29.5 Å². The lowest BCUT2D eigenvalue weighted by Gasteiger charge is -2.16. The Morgan fingerprint density at radius 3 is 1.44 bits per heavy atom. The van der Waals surface area contributed by atoms with E-state index in [2.05, 4.69) is 121 Å². The Bertz CT molecular complexity index is 1310. The van der Waals surface area contributed by atoms with Crippen LogP contribution >= 0.6 is 0 Å². The first-order valence-corrected chi connectivity index (χ1v) is 14.2. The van der Waals surface area contributed by atoms with Gasteiger partial charge in [-0.2, -0.15) is 5.10 Å². The van der Waals surface area contributed by atoms with Crippen LogP contribution < -0.4 is 0 Å². The number of aliphatic imine (C=N–C) groups is 2. The van der Waals surface area contributed by atoms with Crippen LogP contribution in [0.3, 0.4) is 0 Å². The van der Waals surface area contributed by atoms with Crippen molar-refractivity contribution in [2.24, 2.45) is 9.98 Å². The number of nitrogens with one attached hydrogen (secondary N) is 1. The number of para-hydroxylation sites is 2. The van der Waals surface area contributed by atoms with Crippen molar-refractivity contribution >= 4 is 23.8 Å². The molecule has 1 aromatic heterocycles. The summed E-state index contributed by atoms with van der Waals surface area (Å²) in [4.78, 5) is 10.1. The highest BCUT2D eigenvalue weighted by Crippen LogP contribution is 2.36. The first-order chi connectivity index (χ1) is 18.7. The van der Waals surface area contributed by atoms with Gasteiger partial charge in [0.1, 0.15) is 5.69 Å². The Kier molecular flexibility index (Phi) is 8.96. The summed E-state index contributed by atoms with van der Waals surface area (Å²) in [5, 5.41) is 7.98. The molecule has 0 fully saturated rings. The predicted octanol–water partition coefficient (Wildman–Crippen LogP) is 10.1. The van der Waals surface area contributed by atoms with Crippen molar-refractivity contribution in [2.45, 2.75) is 79.1 Å². The average molecular weight is 519 g/mol. The van der Waals surface area contributed by atoms with Gasteiger partial charge in [0.25, 0.3) is 0 Å². The zero-order valence-electron chi connectivity index (χ0n) is 24.7. The first kappa shape index (κ1) is 28.2. The van der Waals surface area contributed by atoms with E-state index in [-0.39, 0.29) is 0 Å². The zero-order valence-corrected chi connectivity index (χ0v) is 24.7. The quantitative estimate of drug-likeness (QED) is 0.220. The van der Waals surface area contributed by atoms with Crippen LogP contribution in [0.25, 0.3) is 11.1 Å². The molecule has 0 unspecified atom stereocenters. The number of nitrogens with zero attached hydrogens (tertiary/aromatic N) is 3. The summed E-state index contributed by atoms with van der Waals surface area (Å²) in [5.41, 5.74) is 10.9. The second kappa shape index (κ2) is 12.4. The smallest absolute Gasteiger partial charge is 0.112 e. The molecule has 0 amide bonds. The lowest BCUT2D eigenvalue weighted by molar-refractivity contribution is 0.834. The van der Waals surface area contributed by atoms with Gasteiger partial charge in [0.15, 0.2) is 0 Å². The van der Waals surface area contributed by atoms with Crippen LogP contribution in [0.2, 0.25) is 0 Å². The Balaban J connectivity index is 1.84. The highest BCUT2D eigenvalue weighted by molar-refractivity contribution is 5.98. The second-order valence-corrected chi connectivity index (χ2v) is 11.5. The normalized spacial score (nSPS) is 12.3. The number of rotatable bonds is 9. The number of aromatic nitrogens is 2. The summed E-state index contributed by atoms with van der Waals surface area (Å²) >= 11 is 0. The van der Waals surface area contributed by atoms with Crippen molar-refractivity contribution in [3.63, 3.8) is 0 Å². The van der Waals surface area contributed by atoms with E-state index in [9.17, 15) is 0 Å². The van der Waals surface area contributed by atoms with Gasteiger partial charge in [0, 0.05) is 5.56 Å². The Morgan fingerprint density at radius 1 is 0.564 bits per heavy atom. The minimum Gasteiger partial charge on any atom is -0.276 e. The summed E-state index contributed by atoms with van der Waals surface area (Å²) < 4.78 is 0. The lowest BCUT2D eigenvalue weighted by atomic mass is 9.93. The molecule has 4 heteroatoms. The minimum atomic E-state index is 0.377. The molecule has 3 aromatic carbocycles. The number of aromatic amines is 1. The topological polar surface area (TPSA) is 53.4 Å². The van der Waals surface area contributed by atoms with E-state index in [1.54, 1.807) is 0 Å². The summed E-state index contributed by atoms with van der Waals surface area (Å²) in [5.74, 6) is 1.51. The Morgan fingerprint density at radius 2 is 1.00 bits per heavy atom. The fourth-order valence-electron chi connectivity index (χ4n) is 5.04. The number of hydrogen-bond donors (Lipinski definition) is 1. The van der Waals surface area contributed by atoms with Gasteiger partial charge >= 0.3 is 0 Å². The standard InChI is InChI=1S/C35H42N4/c1-22(2)27-16-12-17-28(23(3)4)34(27)36-20-31-33(26-14-10-9-11-15-26)32(39-38-31)21-37-35-29(24(5)6)18-13-19-30(35)25(7)8/h9-25H,1-8H3,(H,38,39). The van der Waals surface area contributed by atoms with E-state index in [1.165, 1.54) is 22.3 Å². The summed E-state index contributed by atoms with van der Waals surface area (Å²) in [6.45, 7) is 17.8. The molecule has 202 valence electrons. The molecule has 0 bridgehead atoms. The number of hydrogen-bond acceptors (Lipinski definition) is 3. The average Bonchev–Trinajstić information content (AvgIpc) is 3.33. The van der Waals surface area contributed by atoms with Crippen molar-refractivity contribution in [3.05, 3.63) is 100 Å². The molecule has 0 aliphatic rings. The van der Waals surface area contributed by atoms with E-state index in [0.717, 1.165) is 33.9 Å². The van der Waals surface area contributed by atoms with Crippen LogP contribution in [-0.2, 0) is 0 Å². The van der Waals surface area contributed by atoms with Crippen molar-refractivity contribution in [2.75, 3.05) is 0 Å². The van der Waals surface area contributed by atoms with Gasteiger partial charge in [-0.05, 0) is 51.5 Å². The van der Waals surface area contributed by atoms with Crippen LogP contribution in [0.15, 0.2) is 76.7 Å². The Hall–Kier alpha value is -3.79. The van der Waals surface area contributed by atoms with E-state index in [0.29, 0.717) is 23.7 Å². The SMILES string of the molecule is CC(C)c1cccc(C(C)C)c1N=Cc1n[nH]c(C=Nc2c(C(C)C)cccc2C(C)C)c1-c1ccccc1. The van der Waals surface area contributed by atoms with Gasteiger partial charge in [-0.25, -0.2) is 0 Å². The molecular weight excluding hydrogens is 476 g/mol. The number of H-pyrrole nitrogens is 1. The second-order valence-electron chi connectivity index (χ2n) is 11.5. The van der Waals surface area contributed by atoms with E-state index in [4.69, 9.17) is 15.1 Å². The molecule has 0 saturated heterocycles. The molecule has 4 rings (SSSR count). The Labute approximate surface area is 234 Å². The molecule has 1 heterocycles. The lowest BCUT2D eigenvalue weighted by Crippen LogP contribution is -1.97. The molecule has 0 aliphatic carbocycles. The van der Waals surface area contributed by atoms with Gasteiger partial charge < -0.3 is 0 Å². The van der Waals surface area contributed by atoms with E-state index < -0.39 is 0 Å². The largest absolute Gasteiger partial charge is 0.276 e. The monoisotopic (exact) mass is 518 g/mol. The van der Waals surface area contributed by atoms with Crippen LogP contribution in [0, 0.1) is 0 Å². The van der Waals surface area contributed by atoms with Crippen LogP contribution in [0.4, 0.5) is 11.4 Å². The molecule has 1 N–H and O–H groups in total. The van der Waals surface area contributed by atoms with Crippen molar-refractivity contribution in [1.82, 2.24) is 10.2 Å². The van der Waals surface area contributed by atoms with Crippen LogP contribution in [0.1, 0.15) is 113 Å². The fourth-order valence-corrected chi connectivity index (χ4v) is 5.04. The molecule has 39 heavy (non-hydrogen) atoms. The van der Waals surface area contributed by atoms with Gasteiger partial charge in [-0.15, -0.1) is 0 Å². The molecule has 4 aromatic rings. The predicted molar refractivity (Wildman–Crippen MR) is 168 cm³/mol. The highest BCUT2D eigenvalue weighted by atomic mass is 15.1. The van der Waals surface area contributed by atoms with E-state index >= 15 is 0 Å². The first-order valence-electron chi connectivity index (χ1n) is 14.2. The summed E-state index contributed by atoms with van der Waals surface area (Å²) in [6.07, 6.45) is 3.84. The maximum absolute atomic E-state index is 5.07. The highest BCUT2D eigenvalue weighted by Gasteiger charge is 2.17. The van der Waals surface area contributed by atoms with Gasteiger partial charge in [0.2, 0.25) is 0 Å². The third-order valence-corrected chi connectivity index (χ3v) is 7.21. The van der Waals surface area contributed by atoms with Gasteiger partial charge in [-0.1, -0.05) is 122 Å². The molecule has 0 saturated carbocycles. The molecular formula is C35H42N4. The summed E-state index contributed by atoms with van der Waals surface area (Å²) in [7, 11) is 0. The molecule has 0 radical (unpaired) electrons. The summed E-state index contributed by atoms with van der Waals surface area (Å²) in [6, 6.07) is 23.4. The van der Waals surface area contributed by atoms with Crippen LogP contribution in [-0.4, -0.2) is 22.6 Å². The zero-order chi connectivity index (χ0) is 28.1. The van der Waals surface area contributed by atoms with E-state index in [1.807, 2.05) is 18.5 Å². The maximum Gasteiger partial charge on any atom is 0.112 e. The van der Waals surface area contributed by atoms with Crippen molar-refractivity contribution in [1.29, 1.82) is 0 Å². The van der Waals surface area contributed by atoms with Crippen molar-refractivity contribution < 1.29 is 0 Å². The molecule has 0 aliphatic heterocycles. The molecule has 0 spiro atoms. The van der Waals surface area contributed by atoms with Crippen LogP contribution in [0.5, 0.6) is 0 Å². The minimum absolute atomic E-state index is 0.377. The van der Waals surface area contributed by atoms with Gasteiger partial charge in [-0.3, -0.25) is 15.1 Å². The molecule has 4 nitrogen and oxygen atoms in total. The third-order valence-electron chi connectivity index (χ3n) is 7.21.